The molecule has 0 bridgehead atoms. The van der Waals surface area contributed by atoms with E-state index in [0.717, 1.165) is 30.0 Å². The third-order valence-electron chi connectivity index (χ3n) is 3.36. The molecule has 2 aliphatic rings. The summed E-state index contributed by atoms with van der Waals surface area (Å²) in [5, 5.41) is 3.26. The summed E-state index contributed by atoms with van der Waals surface area (Å²) in [7, 11) is 0. The topological polar surface area (TPSA) is 45.2 Å². The standard InChI is InChI=1S/C13H17N3OS/c17-13(12-8-18-9-15-12)16(11-3-4-11)7-10-2-1-5-14-6-10/h1-2,5-6,11-12,15H,3-4,7-9H2. The molecule has 1 aliphatic carbocycles. The van der Waals surface area contributed by atoms with Crippen LogP contribution in [0.1, 0.15) is 18.4 Å². The number of rotatable bonds is 4. The molecule has 1 saturated heterocycles. The molecule has 18 heavy (non-hydrogen) atoms. The van der Waals surface area contributed by atoms with Crippen LogP contribution >= 0.6 is 11.8 Å². The Morgan fingerprint density at radius 1 is 1.56 bits per heavy atom. The van der Waals surface area contributed by atoms with Crippen molar-refractivity contribution in [3.05, 3.63) is 30.1 Å². The van der Waals surface area contributed by atoms with Gasteiger partial charge in [-0.2, -0.15) is 0 Å². The van der Waals surface area contributed by atoms with E-state index in [-0.39, 0.29) is 11.9 Å². The van der Waals surface area contributed by atoms with Gasteiger partial charge in [0, 0.05) is 36.6 Å². The van der Waals surface area contributed by atoms with Gasteiger partial charge in [-0.05, 0) is 24.5 Å². The molecule has 0 aromatic carbocycles. The zero-order valence-electron chi connectivity index (χ0n) is 10.2. The lowest BCUT2D eigenvalue weighted by molar-refractivity contribution is -0.133. The zero-order valence-corrected chi connectivity index (χ0v) is 11.0. The van der Waals surface area contributed by atoms with Crippen LogP contribution in [0.3, 0.4) is 0 Å². The number of pyridine rings is 1. The van der Waals surface area contributed by atoms with Crippen LogP contribution in [0.15, 0.2) is 24.5 Å². The number of hydrogen-bond acceptors (Lipinski definition) is 4. The van der Waals surface area contributed by atoms with Gasteiger partial charge >= 0.3 is 0 Å². The summed E-state index contributed by atoms with van der Waals surface area (Å²) in [5.74, 6) is 2.04. The summed E-state index contributed by atoms with van der Waals surface area (Å²) in [6.07, 6.45) is 5.90. The smallest absolute Gasteiger partial charge is 0.241 e. The van der Waals surface area contributed by atoms with Gasteiger partial charge in [-0.1, -0.05) is 6.07 Å². The Hall–Kier alpha value is -1.07. The summed E-state index contributed by atoms with van der Waals surface area (Å²) < 4.78 is 0. The number of amides is 1. The quantitative estimate of drug-likeness (QED) is 0.887. The van der Waals surface area contributed by atoms with Gasteiger partial charge in [0.25, 0.3) is 0 Å². The van der Waals surface area contributed by atoms with Gasteiger partial charge in [0.1, 0.15) is 0 Å². The normalized spacial score (nSPS) is 23.0. The Bertz CT molecular complexity index is 416. The molecule has 1 atom stereocenters. The zero-order chi connectivity index (χ0) is 12.4. The molecule has 1 aromatic rings. The largest absolute Gasteiger partial charge is 0.334 e. The Balaban J connectivity index is 1.70. The number of nitrogens with one attached hydrogen (secondary N) is 1. The molecular formula is C13H17N3OS. The fourth-order valence-electron chi connectivity index (χ4n) is 2.22. The van der Waals surface area contributed by atoms with E-state index in [9.17, 15) is 4.79 Å². The highest BCUT2D eigenvalue weighted by Crippen LogP contribution is 2.29. The molecule has 2 fully saturated rings. The maximum atomic E-state index is 12.5. The average molecular weight is 263 g/mol. The second-order valence-electron chi connectivity index (χ2n) is 4.83. The molecule has 1 unspecified atom stereocenters. The van der Waals surface area contributed by atoms with E-state index >= 15 is 0 Å². The van der Waals surface area contributed by atoms with Crippen molar-refractivity contribution in [3.8, 4) is 0 Å². The second-order valence-corrected chi connectivity index (χ2v) is 5.86. The molecule has 3 rings (SSSR count). The van der Waals surface area contributed by atoms with Crippen molar-refractivity contribution in [2.75, 3.05) is 11.6 Å². The molecule has 1 N–H and O–H groups in total. The lowest BCUT2D eigenvalue weighted by Gasteiger charge is -2.25. The van der Waals surface area contributed by atoms with E-state index in [1.807, 2.05) is 23.2 Å². The van der Waals surface area contributed by atoms with Crippen LogP contribution in [0.4, 0.5) is 0 Å². The van der Waals surface area contributed by atoms with E-state index in [2.05, 4.69) is 10.3 Å². The van der Waals surface area contributed by atoms with Gasteiger partial charge in [-0.25, -0.2) is 0 Å². The van der Waals surface area contributed by atoms with Gasteiger partial charge in [0.2, 0.25) is 5.91 Å². The maximum Gasteiger partial charge on any atom is 0.241 e. The molecule has 2 heterocycles. The first-order chi connectivity index (χ1) is 8.84. The lowest BCUT2D eigenvalue weighted by Crippen LogP contribution is -2.45. The molecule has 0 spiro atoms. The summed E-state index contributed by atoms with van der Waals surface area (Å²) in [6, 6.07) is 4.42. The minimum absolute atomic E-state index is 0.00673. The third-order valence-corrected chi connectivity index (χ3v) is 4.30. The Morgan fingerprint density at radius 2 is 2.44 bits per heavy atom. The monoisotopic (exact) mass is 263 g/mol. The lowest BCUT2D eigenvalue weighted by atomic mass is 10.2. The van der Waals surface area contributed by atoms with Gasteiger partial charge in [-0.15, -0.1) is 11.8 Å². The van der Waals surface area contributed by atoms with Gasteiger partial charge < -0.3 is 4.90 Å². The van der Waals surface area contributed by atoms with Crippen LogP contribution in [-0.2, 0) is 11.3 Å². The third kappa shape index (κ3) is 2.67. The molecule has 1 aliphatic heterocycles. The predicted octanol–water partition coefficient (Wildman–Crippen LogP) is 1.24. The van der Waals surface area contributed by atoms with Crippen LogP contribution in [0.2, 0.25) is 0 Å². The van der Waals surface area contributed by atoms with Gasteiger partial charge in [0.15, 0.2) is 0 Å². The van der Waals surface area contributed by atoms with E-state index in [0.29, 0.717) is 12.6 Å². The Kier molecular flexibility index (Phi) is 3.52. The Labute approximate surface area is 111 Å². The van der Waals surface area contributed by atoms with Crippen molar-refractivity contribution in [1.82, 2.24) is 15.2 Å². The first-order valence-electron chi connectivity index (χ1n) is 6.35. The molecule has 0 radical (unpaired) electrons. The van der Waals surface area contributed by atoms with Crippen molar-refractivity contribution in [1.29, 1.82) is 0 Å². The van der Waals surface area contributed by atoms with Crippen LogP contribution < -0.4 is 5.32 Å². The van der Waals surface area contributed by atoms with Crippen LogP contribution in [-0.4, -0.2) is 39.5 Å². The minimum atomic E-state index is 0.00673. The van der Waals surface area contributed by atoms with Crippen LogP contribution in [0.25, 0.3) is 0 Å². The number of carbonyl (C=O) groups is 1. The number of nitrogens with zero attached hydrogens (tertiary/aromatic N) is 2. The molecule has 4 nitrogen and oxygen atoms in total. The van der Waals surface area contributed by atoms with E-state index < -0.39 is 0 Å². The second kappa shape index (κ2) is 5.28. The van der Waals surface area contributed by atoms with Gasteiger partial charge in [-0.3, -0.25) is 15.1 Å². The summed E-state index contributed by atoms with van der Waals surface area (Å²) in [6.45, 7) is 0.695. The Morgan fingerprint density at radius 3 is 3.06 bits per heavy atom. The molecule has 1 aromatic heterocycles. The molecule has 1 amide bonds. The van der Waals surface area contributed by atoms with E-state index in [1.165, 1.54) is 0 Å². The van der Waals surface area contributed by atoms with Crippen molar-refractivity contribution < 1.29 is 4.79 Å². The van der Waals surface area contributed by atoms with Crippen molar-refractivity contribution in [2.45, 2.75) is 31.5 Å². The highest BCUT2D eigenvalue weighted by Gasteiger charge is 2.36. The summed E-state index contributed by atoms with van der Waals surface area (Å²) in [4.78, 5) is 18.6. The van der Waals surface area contributed by atoms with Crippen molar-refractivity contribution >= 4 is 17.7 Å². The molecular weight excluding hydrogens is 246 g/mol. The van der Waals surface area contributed by atoms with Crippen molar-refractivity contribution in [2.24, 2.45) is 0 Å². The highest BCUT2D eigenvalue weighted by atomic mass is 32.2. The first kappa shape index (κ1) is 12.0. The number of carbonyl (C=O) groups excluding carboxylic acids is 1. The SMILES string of the molecule is O=C(C1CSCN1)N(Cc1cccnc1)C1CC1. The van der Waals surface area contributed by atoms with Crippen LogP contribution in [0.5, 0.6) is 0 Å². The average Bonchev–Trinajstić information content (AvgIpc) is 3.10. The van der Waals surface area contributed by atoms with Crippen LogP contribution in [0, 0.1) is 0 Å². The first-order valence-corrected chi connectivity index (χ1v) is 7.50. The van der Waals surface area contributed by atoms with Gasteiger partial charge in [0.05, 0.1) is 6.04 Å². The van der Waals surface area contributed by atoms with E-state index in [4.69, 9.17) is 0 Å². The summed E-state index contributed by atoms with van der Waals surface area (Å²) in [5.41, 5.74) is 1.11. The molecule has 96 valence electrons. The highest BCUT2D eigenvalue weighted by molar-refractivity contribution is 7.99. The number of aromatic nitrogens is 1. The fourth-order valence-corrected chi connectivity index (χ4v) is 3.15. The van der Waals surface area contributed by atoms with Crippen molar-refractivity contribution in [3.63, 3.8) is 0 Å². The molecule has 1 saturated carbocycles. The molecule has 5 heteroatoms. The minimum Gasteiger partial charge on any atom is -0.334 e. The van der Waals surface area contributed by atoms with E-state index in [1.54, 1.807) is 18.0 Å². The number of hydrogen-bond donors (Lipinski definition) is 1. The summed E-state index contributed by atoms with van der Waals surface area (Å²) >= 11 is 1.80. The fraction of sp³-hybridized carbons (Fsp3) is 0.538. The number of thioether (sulfide) groups is 1. The predicted molar refractivity (Wildman–Crippen MR) is 72.1 cm³/mol. The maximum absolute atomic E-state index is 12.5.